The summed E-state index contributed by atoms with van der Waals surface area (Å²) in [7, 11) is 1.42. The van der Waals surface area contributed by atoms with E-state index in [9.17, 15) is 4.79 Å². The van der Waals surface area contributed by atoms with Gasteiger partial charge in [0.25, 0.3) is 0 Å². The fraction of sp³-hybridized carbons (Fsp3) is 0.923. The second kappa shape index (κ2) is 7.07. The summed E-state index contributed by atoms with van der Waals surface area (Å²) in [6.07, 6.45) is 1.73. The van der Waals surface area contributed by atoms with E-state index in [1.807, 2.05) is 13.8 Å². The average molecular weight is 259 g/mol. The number of hydrogen-bond donors (Lipinski definition) is 1. The Morgan fingerprint density at radius 1 is 1.56 bits per heavy atom. The van der Waals surface area contributed by atoms with Crippen LogP contribution in [0.4, 0.5) is 0 Å². The monoisotopic (exact) mass is 259 g/mol. The van der Waals surface area contributed by atoms with Crippen LogP contribution in [0.3, 0.4) is 0 Å². The van der Waals surface area contributed by atoms with Crippen LogP contribution in [0.2, 0.25) is 0 Å². The maximum atomic E-state index is 11.9. The van der Waals surface area contributed by atoms with Crippen LogP contribution in [-0.4, -0.2) is 50.6 Å². The van der Waals surface area contributed by atoms with Gasteiger partial charge in [0.1, 0.15) is 11.6 Å². The lowest BCUT2D eigenvalue weighted by Crippen LogP contribution is -2.53. The van der Waals surface area contributed by atoms with Gasteiger partial charge in [-0.3, -0.25) is 4.79 Å². The molecule has 0 amide bonds. The molecule has 106 valence electrons. The molecule has 2 unspecified atom stereocenters. The zero-order chi connectivity index (χ0) is 13.6. The molecule has 1 fully saturated rings. The summed E-state index contributed by atoms with van der Waals surface area (Å²) in [6, 6.07) is 0. The van der Waals surface area contributed by atoms with E-state index in [0.29, 0.717) is 19.6 Å². The number of ether oxygens (including phenoxy) is 3. The van der Waals surface area contributed by atoms with Gasteiger partial charge in [0.15, 0.2) is 0 Å². The van der Waals surface area contributed by atoms with Crippen molar-refractivity contribution in [2.75, 3.05) is 26.9 Å². The first-order chi connectivity index (χ1) is 8.51. The van der Waals surface area contributed by atoms with Crippen LogP contribution >= 0.6 is 0 Å². The van der Waals surface area contributed by atoms with Gasteiger partial charge in [-0.25, -0.2) is 0 Å². The van der Waals surface area contributed by atoms with E-state index in [2.05, 4.69) is 12.2 Å². The van der Waals surface area contributed by atoms with Gasteiger partial charge in [0.05, 0.1) is 26.4 Å². The second-order valence-electron chi connectivity index (χ2n) is 5.06. The first-order valence-corrected chi connectivity index (χ1v) is 6.58. The van der Waals surface area contributed by atoms with Crippen LogP contribution in [0.1, 0.15) is 33.6 Å². The predicted octanol–water partition coefficient (Wildman–Crippen LogP) is 1.11. The van der Waals surface area contributed by atoms with E-state index in [0.717, 1.165) is 13.0 Å². The summed E-state index contributed by atoms with van der Waals surface area (Å²) >= 11 is 0. The minimum atomic E-state index is -0.686. The van der Waals surface area contributed by atoms with Crippen molar-refractivity contribution >= 4 is 5.97 Å². The minimum Gasteiger partial charge on any atom is -0.468 e. The summed E-state index contributed by atoms with van der Waals surface area (Å²) in [5.74, 6) is -0.240. The lowest BCUT2D eigenvalue weighted by atomic mass is 9.94. The number of carbonyl (C=O) groups excluding carboxylic acids is 1. The molecule has 5 heteroatoms. The molecule has 0 spiro atoms. The van der Waals surface area contributed by atoms with E-state index >= 15 is 0 Å². The van der Waals surface area contributed by atoms with E-state index in [1.54, 1.807) is 0 Å². The average Bonchev–Trinajstić information content (AvgIpc) is 2.30. The number of rotatable bonds is 8. The molecule has 0 radical (unpaired) electrons. The van der Waals surface area contributed by atoms with E-state index in [1.165, 1.54) is 7.11 Å². The van der Waals surface area contributed by atoms with Crippen molar-refractivity contribution in [3.05, 3.63) is 0 Å². The van der Waals surface area contributed by atoms with E-state index < -0.39 is 5.54 Å². The number of esters is 1. The number of hydrogen-bond acceptors (Lipinski definition) is 5. The van der Waals surface area contributed by atoms with Crippen molar-refractivity contribution in [2.24, 2.45) is 0 Å². The van der Waals surface area contributed by atoms with Gasteiger partial charge >= 0.3 is 5.97 Å². The van der Waals surface area contributed by atoms with Crippen molar-refractivity contribution < 1.29 is 19.0 Å². The number of nitrogens with one attached hydrogen (secondary N) is 1. The van der Waals surface area contributed by atoms with Crippen molar-refractivity contribution in [3.8, 4) is 0 Å². The Balaban J connectivity index is 2.49. The summed E-state index contributed by atoms with van der Waals surface area (Å²) in [4.78, 5) is 11.9. The maximum absolute atomic E-state index is 11.9. The first-order valence-electron chi connectivity index (χ1n) is 6.58. The molecule has 0 aromatic rings. The summed E-state index contributed by atoms with van der Waals surface area (Å²) in [5.41, 5.74) is -0.686. The highest BCUT2D eigenvalue weighted by Crippen LogP contribution is 2.19. The van der Waals surface area contributed by atoms with Crippen molar-refractivity contribution in [2.45, 2.75) is 51.4 Å². The van der Waals surface area contributed by atoms with Gasteiger partial charge in [-0.1, -0.05) is 6.92 Å². The Bertz CT molecular complexity index is 268. The Hall–Kier alpha value is -0.650. The van der Waals surface area contributed by atoms with Gasteiger partial charge in [0.2, 0.25) is 0 Å². The zero-order valence-electron chi connectivity index (χ0n) is 11.8. The molecule has 5 nitrogen and oxygen atoms in total. The van der Waals surface area contributed by atoms with Crippen LogP contribution in [-0.2, 0) is 19.0 Å². The molecule has 0 aliphatic carbocycles. The zero-order valence-corrected chi connectivity index (χ0v) is 11.8. The Morgan fingerprint density at radius 3 is 2.67 bits per heavy atom. The minimum absolute atomic E-state index is 0.00708. The predicted molar refractivity (Wildman–Crippen MR) is 68.5 cm³/mol. The molecular formula is C13H25NO4. The lowest BCUT2D eigenvalue weighted by molar-refractivity contribution is -0.163. The Kier molecular flexibility index (Phi) is 6.05. The molecule has 1 saturated heterocycles. The van der Waals surface area contributed by atoms with Crippen LogP contribution in [0.5, 0.6) is 0 Å². The molecule has 0 aromatic heterocycles. The molecule has 1 heterocycles. The van der Waals surface area contributed by atoms with Crippen molar-refractivity contribution in [1.29, 1.82) is 0 Å². The van der Waals surface area contributed by atoms with Crippen LogP contribution < -0.4 is 5.32 Å². The van der Waals surface area contributed by atoms with Gasteiger partial charge < -0.3 is 19.5 Å². The second-order valence-corrected chi connectivity index (χ2v) is 5.06. The molecule has 1 aliphatic heterocycles. The van der Waals surface area contributed by atoms with Crippen LogP contribution in [0, 0.1) is 0 Å². The standard InChI is InChI=1S/C13H25NO4/c1-5-6-14-13(3,12(15)16-4)7-10(2)18-11-8-17-9-11/h10-11,14H,5-9H2,1-4H3. The maximum Gasteiger partial charge on any atom is 0.325 e. The fourth-order valence-corrected chi connectivity index (χ4v) is 2.10. The summed E-state index contributed by atoms with van der Waals surface area (Å²) < 4.78 is 15.7. The molecule has 0 bridgehead atoms. The number of carbonyl (C=O) groups is 1. The van der Waals surface area contributed by atoms with Crippen molar-refractivity contribution in [1.82, 2.24) is 5.32 Å². The summed E-state index contributed by atoms with van der Waals surface area (Å²) in [6.45, 7) is 8.00. The molecular weight excluding hydrogens is 234 g/mol. The third-order valence-corrected chi connectivity index (χ3v) is 3.13. The molecule has 1 N–H and O–H groups in total. The van der Waals surface area contributed by atoms with Gasteiger partial charge in [-0.2, -0.15) is 0 Å². The van der Waals surface area contributed by atoms with Crippen molar-refractivity contribution in [3.63, 3.8) is 0 Å². The summed E-state index contributed by atoms with van der Waals surface area (Å²) in [5, 5.41) is 3.25. The fourth-order valence-electron chi connectivity index (χ4n) is 2.10. The Morgan fingerprint density at radius 2 is 2.22 bits per heavy atom. The highest BCUT2D eigenvalue weighted by atomic mass is 16.6. The van der Waals surface area contributed by atoms with E-state index in [4.69, 9.17) is 14.2 Å². The van der Waals surface area contributed by atoms with Gasteiger partial charge in [-0.15, -0.1) is 0 Å². The quantitative estimate of drug-likeness (QED) is 0.662. The molecule has 0 saturated carbocycles. The SMILES string of the molecule is CCCNC(C)(CC(C)OC1COC1)C(=O)OC. The van der Waals surface area contributed by atoms with E-state index in [-0.39, 0.29) is 18.2 Å². The third-order valence-electron chi connectivity index (χ3n) is 3.13. The topological polar surface area (TPSA) is 56.8 Å². The molecule has 0 aromatic carbocycles. The van der Waals surface area contributed by atoms with Crippen LogP contribution in [0.25, 0.3) is 0 Å². The first kappa shape index (κ1) is 15.4. The highest BCUT2D eigenvalue weighted by molar-refractivity contribution is 5.80. The lowest BCUT2D eigenvalue weighted by Gasteiger charge is -2.34. The van der Waals surface area contributed by atoms with Crippen LogP contribution in [0.15, 0.2) is 0 Å². The third kappa shape index (κ3) is 4.23. The highest BCUT2D eigenvalue weighted by Gasteiger charge is 2.36. The van der Waals surface area contributed by atoms with Gasteiger partial charge in [-0.05, 0) is 26.8 Å². The smallest absolute Gasteiger partial charge is 0.325 e. The molecule has 18 heavy (non-hydrogen) atoms. The Labute approximate surface area is 109 Å². The molecule has 1 aliphatic rings. The molecule has 1 rings (SSSR count). The normalized spacial score (nSPS) is 20.9. The number of methoxy groups -OCH3 is 1. The molecule has 2 atom stereocenters. The van der Waals surface area contributed by atoms with Gasteiger partial charge in [0, 0.05) is 6.42 Å². The largest absolute Gasteiger partial charge is 0.468 e.